The Hall–Kier alpha value is -1.30. The van der Waals surface area contributed by atoms with Crippen molar-refractivity contribution in [3.8, 4) is 0 Å². The predicted molar refractivity (Wildman–Crippen MR) is 182 cm³/mol. The molecule has 0 aromatic heterocycles. The van der Waals surface area contributed by atoms with Crippen molar-refractivity contribution in [2.75, 3.05) is 20.7 Å². The molecule has 0 amide bonds. The third-order valence-corrected chi connectivity index (χ3v) is 11.4. The largest absolute Gasteiger partial charge is 0.459 e. The smallest absolute Gasteiger partial charge is 0.311 e. The highest BCUT2D eigenvalue weighted by molar-refractivity contribution is 5.86. The molecule has 3 saturated heterocycles. The third kappa shape index (κ3) is 9.43. The number of cyclic esters (lactones) is 1. The minimum atomic E-state index is -1.82. The summed E-state index contributed by atoms with van der Waals surface area (Å²) in [6, 6.07) is -0.568. The number of carbonyl (C=O) groups excluding carboxylic acids is 2. The maximum atomic E-state index is 14.1. The van der Waals surface area contributed by atoms with Crippen LogP contribution in [0.5, 0.6) is 0 Å². The molecular weight excluding hydrogens is 654 g/mol. The summed E-state index contributed by atoms with van der Waals surface area (Å²) in [7, 11) is 3.28. The summed E-state index contributed by atoms with van der Waals surface area (Å²) in [4.78, 5) is 29.1. The van der Waals surface area contributed by atoms with E-state index in [1.54, 1.807) is 62.4 Å². The number of carbonyl (C=O) groups is 2. The van der Waals surface area contributed by atoms with Crippen molar-refractivity contribution in [3.63, 3.8) is 0 Å². The quantitative estimate of drug-likeness (QED) is 0.248. The van der Waals surface area contributed by atoms with E-state index in [0.29, 0.717) is 6.54 Å². The van der Waals surface area contributed by atoms with Crippen LogP contribution in [0.4, 0.5) is 0 Å². The van der Waals surface area contributed by atoms with E-state index >= 15 is 0 Å². The number of rotatable bonds is 6. The van der Waals surface area contributed by atoms with Crippen LogP contribution in [0.15, 0.2) is 0 Å². The number of ether oxygens (including phenoxy) is 6. The molecule has 3 aliphatic rings. The number of ketones is 1. The molecule has 7 unspecified atom stereocenters. The van der Waals surface area contributed by atoms with Crippen molar-refractivity contribution in [3.05, 3.63) is 0 Å². The molecule has 14 nitrogen and oxygen atoms in total. The average Bonchev–Trinajstić information content (AvgIpc) is 3.03. The van der Waals surface area contributed by atoms with E-state index in [-0.39, 0.29) is 31.6 Å². The monoisotopic (exact) mass is 719 g/mol. The second kappa shape index (κ2) is 16.8. The van der Waals surface area contributed by atoms with Crippen molar-refractivity contribution >= 4 is 11.8 Å². The maximum absolute atomic E-state index is 14.1. The first-order valence-corrected chi connectivity index (χ1v) is 18.1. The fourth-order valence-electron chi connectivity index (χ4n) is 8.09. The highest BCUT2D eigenvalue weighted by atomic mass is 16.7. The Labute approximate surface area is 297 Å². The fourth-order valence-corrected chi connectivity index (χ4v) is 8.09. The molecule has 3 fully saturated rings. The van der Waals surface area contributed by atoms with Gasteiger partial charge in [0.1, 0.15) is 30.0 Å². The summed E-state index contributed by atoms with van der Waals surface area (Å²) in [6.07, 6.45) is -10.1. The predicted octanol–water partition coefficient (Wildman–Crippen LogP) is 1.54. The molecule has 0 aromatic rings. The first-order chi connectivity index (χ1) is 23.0. The van der Waals surface area contributed by atoms with Gasteiger partial charge in [0.25, 0.3) is 0 Å². The number of methoxy groups -OCH3 is 1. The van der Waals surface area contributed by atoms with Gasteiger partial charge in [0, 0.05) is 38.5 Å². The van der Waals surface area contributed by atoms with E-state index in [1.807, 2.05) is 11.8 Å². The van der Waals surface area contributed by atoms with E-state index in [9.17, 15) is 35.1 Å². The van der Waals surface area contributed by atoms with Gasteiger partial charge in [-0.2, -0.15) is 0 Å². The molecule has 5 N–H and O–H groups in total. The number of aliphatic hydroxyl groups excluding tert-OH is 3. The molecule has 3 heterocycles. The summed E-state index contributed by atoms with van der Waals surface area (Å²) in [5.41, 5.74) is -4.53. The van der Waals surface area contributed by atoms with Gasteiger partial charge in [-0.25, -0.2) is 0 Å². The number of hydrogen-bond acceptors (Lipinski definition) is 14. The van der Waals surface area contributed by atoms with Crippen molar-refractivity contribution in [2.24, 2.45) is 17.8 Å². The summed E-state index contributed by atoms with van der Waals surface area (Å²) in [5, 5.41) is 56.7. The zero-order valence-electron chi connectivity index (χ0n) is 32.1. The third-order valence-electron chi connectivity index (χ3n) is 11.4. The van der Waals surface area contributed by atoms with Gasteiger partial charge in [0.2, 0.25) is 12.1 Å². The summed E-state index contributed by atoms with van der Waals surface area (Å²) in [5.74, 6) is -3.53. The van der Waals surface area contributed by atoms with Gasteiger partial charge >= 0.3 is 5.97 Å². The van der Waals surface area contributed by atoms with Crippen LogP contribution in [-0.2, 0) is 38.0 Å². The number of nitrogens with zero attached hydrogens (tertiary/aromatic N) is 1. The molecule has 3 rings (SSSR count). The molecule has 3 aliphatic heterocycles. The lowest BCUT2D eigenvalue weighted by Crippen LogP contribution is -2.59. The zero-order valence-corrected chi connectivity index (χ0v) is 32.1. The molecule has 0 bridgehead atoms. The Morgan fingerprint density at radius 3 is 2.12 bits per heavy atom. The number of aliphatic hydroxyl groups is 5. The lowest BCUT2D eigenvalue weighted by Gasteiger charge is -2.47. The highest BCUT2D eigenvalue weighted by Gasteiger charge is 2.52. The molecule has 0 aromatic carbocycles. The van der Waals surface area contributed by atoms with Gasteiger partial charge in [-0.15, -0.1) is 0 Å². The van der Waals surface area contributed by atoms with Crippen molar-refractivity contribution in [1.82, 2.24) is 4.90 Å². The normalized spacial score (nSPS) is 49.5. The molecular formula is C36H65NO13. The van der Waals surface area contributed by atoms with E-state index in [0.717, 1.165) is 0 Å². The minimum absolute atomic E-state index is 0.0928. The lowest BCUT2D eigenvalue weighted by atomic mass is 9.77. The van der Waals surface area contributed by atoms with Gasteiger partial charge in [-0.1, -0.05) is 20.8 Å². The first-order valence-electron chi connectivity index (χ1n) is 18.1. The fraction of sp³-hybridized carbons (Fsp3) is 0.944. The Balaban J connectivity index is 2.16. The average molecular weight is 720 g/mol. The van der Waals surface area contributed by atoms with Gasteiger partial charge in [0.05, 0.1) is 41.5 Å². The van der Waals surface area contributed by atoms with Crippen LogP contribution < -0.4 is 0 Å². The van der Waals surface area contributed by atoms with Crippen LogP contribution in [0.1, 0.15) is 94.9 Å². The Kier molecular flexibility index (Phi) is 14.5. The Morgan fingerprint density at radius 1 is 0.920 bits per heavy atom. The number of Topliss-reactive ketones (excluding diaryl/α,β-unsaturated/α-hetero) is 1. The standard InChI is InChI=1S/C36H65NO13/c1-13-25-36(10,44)29(40)22(6)37(11)17-18(2)15-34(8,43)31(50-33-27(39)24(38)14-19(3)46-33)20(4)28(21(5)32(42)48-25)49-26-16-35(9,45-12)30(41)23(7)47-26/h18-26,28-31,33,38,40-41,43-44H,13-17H2,1-12H3/t18-,19?,20+,21-,22-,23?,24?,25-,26?,28+,29-,30?,31-,33?,34-,35?,36-/m1/s1. The van der Waals surface area contributed by atoms with Crippen LogP contribution in [0, 0.1) is 17.8 Å². The summed E-state index contributed by atoms with van der Waals surface area (Å²) in [6.45, 7) is 17.3. The SMILES string of the molecule is CC[C@H]1OC(=O)[C@H](C)[C@@H](OC2CC(C)(OC)C(O)C(C)O2)[C@H](C)[C@@H](OC2OC(C)CC(O)C2=O)[C@](C)(O)C[C@@H](C)CN(C)[C@H](C)[C@@H](O)[C@]1(C)O. The molecule has 17 atom stereocenters. The maximum Gasteiger partial charge on any atom is 0.311 e. The first kappa shape index (κ1) is 43.1. The van der Waals surface area contributed by atoms with Crippen molar-refractivity contribution < 1.29 is 63.5 Å². The van der Waals surface area contributed by atoms with E-state index < -0.39 is 108 Å². The Morgan fingerprint density at radius 2 is 1.54 bits per heavy atom. The van der Waals surface area contributed by atoms with Crippen LogP contribution in [0.2, 0.25) is 0 Å². The van der Waals surface area contributed by atoms with E-state index in [2.05, 4.69) is 0 Å². The van der Waals surface area contributed by atoms with Crippen LogP contribution in [0.25, 0.3) is 0 Å². The molecule has 0 aliphatic carbocycles. The molecule has 0 saturated carbocycles. The molecule has 50 heavy (non-hydrogen) atoms. The van der Waals surface area contributed by atoms with Crippen LogP contribution >= 0.6 is 0 Å². The molecule has 292 valence electrons. The molecule has 0 radical (unpaired) electrons. The molecule has 14 heteroatoms. The minimum Gasteiger partial charge on any atom is -0.459 e. The topological polar surface area (TPSA) is 194 Å². The van der Waals surface area contributed by atoms with E-state index in [4.69, 9.17) is 28.4 Å². The van der Waals surface area contributed by atoms with Crippen molar-refractivity contribution in [1.29, 1.82) is 0 Å². The van der Waals surface area contributed by atoms with Gasteiger partial charge in [0.15, 0.2) is 6.29 Å². The highest BCUT2D eigenvalue weighted by Crippen LogP contribution is 2.39. The van der Waals surface area contributed by atoms with E-state index in [1.165, 1.54) is 14.0 Å². The number of hydrogen-bond donors (Lipinski definition) is 5. The zero-order chi connectivity index (χ0) is 38.1. The van der Waals surface area contributed by atoms with Crippen LogP contribution in [0.3, 0.4) is 0 Å². The second-order valence-corrected chi connectivity index (χ2v) is 16.0. The van der Waals surface area contributed by atoms with Gasteiger partial charge in [-0.05, 0) is 74.3 Å². The number of likely N-dealkylation sites (N-methyl/N-ethyl adjacent to an activating group) is 1. The number of esters is 1. The van der Waals surface area contributed by atoms with Crippen LogP contribution in [-0.4, -0.2) is 147 Å². The lowest BCUT2D eigenvalue weighted by molar-refractivity contribution is -0.306. The van der Waals surface area contributed by atoms with Crippen molar-refractivity contribution in [2.45, 2.75) is 179 Å². The van der Waals surface area contributed by atoms with Gasteiger partial charge in [-0.3, -0.25) is 9.59 Å². The summed E-state index contributed by atoms with van der Waals surface area (Å²) < 4.78 is 36.6. The molecule has 0 spiro atoms. The summed E-state index contributed by atoms with van der Waals surface area (Å²) >= 11 is 0. The second-order valence-electron chi connectivity index (χ2n) is 16.0. The van der Waals surface area contributed by atoms with Gasteiger partial charge < -0.3 is 58.9 Å². The Bertz CT molecular complexity index is 1140.